The van der Waals surface area contributed by atoms with Gasteiger partial charge in [0.2, 0.25) is 0 Å². The van der Waals surface area contributed by atoms with Crippen molar-refractivity contribution in [2.45, 2.75) is 39.5 Å². The lowest BCUT2D eigenvalue weighted by Crippen LogP contribution is -2.40. The Labute approximate surface area is 356 Å². The van der Waals surface area contributed by atoms with Crippen molar-refractivity contribution in [2.24, 2.45) is 5.41 Å². The number of carbonyl (C=O) groups is 3. The number of phenolic OH excluding ortho intramolecular Hbond substituents is 6. The van der Waals surface area contributed by atoms with Gasteiger partial charge in [0.25, 0.3) is 0 Å². The monoisotopic (exact) mass is 865 g/mol. The molecular weight excluding hydrogens is 827 g/mol. The minimum absolute atomic E-state index is 0.00171. The Hall–Kier alpha value is -8.53. The lowest BCUT2D eigenvalue weighted by Gasteiger charge is -2.31. The van der Waals surface area contributed by atoms with E-state index in [4.69, 9.17) is 14.2 Å². The van der Waals surface area contributed by atoms with Crippen LogP contribution in [0.15, 0.2) is 91.4 Å². The maximum atomic E-state index is 12.4. The predicted molar refractivity (Wildman–Crippen MR) is 215 cm³/mol. The topological polar surface area (TPSA) is 313 Å². The summed E-state index contributed by atoms with van der Waals surface area (Å²) in [6.45, 7) is -1.25. The maximum Gasteiger partial charge on any atom is 0.331 e. The molecule has 0 bridgehead atoms. The molecule has 0 amide bonds. The Morgan fingerprint density at radius 3 is 1.06 bits per heavy atom. The summed E-state index contributed by atoms with van der Waals surface area (Å²) in [7, 11) is 0. The van der Waals surface area contributed by atoms with E-state index >= 15 is 0 Å². The number of phenols is 6. The van der Waals surface area contributed by atoms with Gasteiger partial charge in [-0.1, -0.05) is 33.8 Å². The van der Waals surface area contributed by atoms with Crippen LogP contribution in [-0.4, -0.2) is 105 Å². The summed E-state index contributed by atoms with van der Waals surface area (Å²) in [6, 6.07) is 12.1. The minimum Gasteiger partial charge on any atom is -0.504 e. The molecule has 3 aromatic carbocycles. The molecule has 0 unspecified atom stereocenters. The fourth-order valence-corrected chi connectivity index (χ4v) is 5.78. The Balaban J connectivity index is 1.11. The zero-order valence-electron chi connectivity index (χ0n) is 32.9. The number of carbonyl (C=O) groups excluding carboxylic acids is 3. The van der Waals surface area contributed by atoms with Gasteiger partial charge in [-0.2, -0.15) is 0 Å². The number of aromatic nitrogens is 9. The SMILES string of the molecule is O=C(/C=C/c1ccc(O)c(O)c1)OCc1cn(CC(CO)(Cn2cc(COC(=O)/C=C/c3ccc(O)c(O)c3)nn2)Cn2cc(COC(=O)/C=C/c3ccc(O)c(O)c3)nn2)nn1. The van der Waals surface area contributed by atoms with Gasteiger partial charge >= 0.3 is 17.9 Å². The van der Waals surface area contributed by atoms with Gasteiger partial charge in [0, 0.05) is 18.2 Å². The Morgan fingerprint density at radius 1 is 0.492 bits per heavy atom. The molecule has 0 saturated heterocycles. The highest BCUT2D eigenvalue weighted by atomic mass is 16.5. The van der Waals surface area contributed by atoms with Crippen molar-refractivity contribution in [1.82, 2.24) is 45.0 Å². The lowest BCUT2D eigenvalue weighted by molar-refractivity contribution is -0.139. The Bertz CT molecular complexity index is 2380. The summed E-state index contributed by atoms with van der Waals surface area (Å²) in [5.41, 5.74) is 0.989. The van der Waals surface area contributed by atoms with E-state index in [0.717, 1.165) is 18.2 Å². The fraction of sp³-hybridized carbons (Fsp3) is 0.195. The van der Waals surface area contributed by atoms with Crippen molar-refractivity contribution in [2.75, 3.05) is 6.61 Å². The third-order valence-electron chi connectivity index (χ3n) is 8.91. The van der Waals surface area contributed by atoms with Gasteiger partial charge in [-0.05, 0) is 71.3 Å². The molecule has 0 atom stereocenters. The van der Waals surface area contributed by atoms with Crippen LogP contribution in [0.2, 0.25) is 0 Å². The second kappa shape index (κ2) is 20.2. The van der Waals surface area contributed by atoms with Crippen molar-refractivity contribution in [1.29, 1.82) is 0 Å². The van der Waals surface area contributed by atoms with E-state index in [1.807, 2.05) is 0 Å². The molecule has 7 N–H and O–H groups in total. The summed E-state index contributed by atoms with van der Waals surface area (Å²) in [5.74, 6) is -4.12. The molecule has 3 aromatic heterocycles. The third-order valence-corrected chi connectivity index (χ3v) is 8.91. The number of hydrogen-bond acceptors (Lipinski definition) is 19. The van der Waals surface area contributed by atoms with E-state index in [2.05, 4.69) is 30.9 Å². The van der Waals surface area contributed by atoms with Crippen LogP contribution in [-0.2, 0) is 68.0 Å². The average Bonchev–Trinajstić information content (AvgIpc) is 4.04. The summed E-state index contributed by atoms with van der Waals surface area (Å²) >= 11 is 0. The number of nitrogens with zero attached hydrogens (tertiary/aromatic N) is 9. The number of benzene rings is 3. The molecule has 0 radical (unpaired) electrons. The molecule has 0 fully saturated rings. The molecule has 0 saturated carbocycles. The van der Waals surface area contributed by atoms with Crippen LogP contribution >= 0.6 is 0 Å². The number of aliphatic hydroxyl groups excluding tert-OH is 1. The second-order valence-electron chi connectivity index (χ2n) is 13.9. The van der Waals surface area contributed by atoms with Gasteiger partial charge in [-0.15, -0.1) is 15.3 Å². The van der Waals surface area contributed by atoms with E-state index in [1.54, 1.807) is 0 Å². The molecule has 63 heavy (non-hydrogen) atoms. The van der Waals surface area contributed by atoms with Gasteiger partial charge in [-0.3, -0.25) is 14.0 Å². The van der Waals surface area contributed by atoms with E-state index < -0.39 is 29.9 Å². The van der Waals surface area contributed by atoms with Crippen LogP contribution in [0, 0.1) is 5.41 Å². The number of aromatic hydroxyl groups is 6. The van der Waals surface area contributed by atoms with Gasteiger partial charge < -0.3 is 50.0 Å². The molecule has 326 valence electrons. The average molecular weight is 866 g/mol. The van der Waals surface area contributed by atoms with E-state index in [0.29, 0.717) is 16.7 Å². The molecule has 0 aliphatic carbocycles. The van der Waals surface area contributed by atoms with Crippen molar-refractivity contribution in [3.8, 4) is 34.5 Å². The summed E-state index contributed by atoms with van der Waals surface area (Å²) in [4.78, 5) is 37.2. The van der Waals surface area contributed by atoms with Crippen molar-refractivity contribution >= 4 is 36.1 Å². The van der Waals surface area contributed by atoms with Crippen molar-refractivity contribution in [3.63, 3.8) is 0 Å². The lowest BCUT2D eigenvalue weighted by atomic mass is 9.88. The predicted octanol–water partition coefficient (Wildman–Crippen LogP) is 2.34. The molecule has 3 heterocycles. The van der Waals surface area contributed by atoms with Gasteiger partial charge in [0.15, 0.2) is 34.5 Å². The van der Waals surface area contributed by atoms with Crippen LogP contribution in [0.3, 0.4) is 0 Å². The van der Waals surface area contributed by atoms with Crippen molar-refractivity contribution in [3.05, 3.63) is 125 Å². The highest BCUT2D eigenvalue weighted by molar-refractivity contribution is 5.88. The first-order valence-electron chi connectivity index (χ1n) is 18.6. The molecule has 0 spiro atoms. The first-order chi connectivity index (χ1) is 30.2. The standard InChI is InChI=1S/C41H39N9O13/c51-25-41(22-48-16-29(42-45-48)19-61-38(58)10-4-26-1-7-32(52)35(55)13-26,23-49-17-30(43-46-49)20-62-39(59)11-5-27-2-8-33(53)36(56)14-27)24-50-18-31(44-47-50)21-63-40(60)12-6-28-3-9-34(54)37(57)15-28/h1-18,51-57H,19-25H2/b10-4+,11-5+,12-6+. The normalized spacial score (nSPS) is 11.8. The summed E-state index contributed by atoms with van der Waals surface area (Å²) in [6.07, 6.45) is 12.1. The van der Waals surface area contributed by atoms with E-state index in [1.165, 1.54) is 105 Å². The molecular formula is C41H39N9O13. The summed E-state index contributed by atoms with van der Waals surface area (Å²) < 4.78 is 20.1. The van der Waals surface area contributed by atoms with E-state index in [-0.39, 0.29) is 91.0 Å². The molecule has 6 rings (SSSR count). The maximum absolute atomic E-state index is 12.4. The quantitative estimate of drug-likeness (QED) is 0.0266. The zero-order chi connectivity index (χ0) is 44.9. The number of rotatable bonds is 19. The minimum atomic E-state index is -1.15. The first-order valence-corrected chi connectivity index (χ1v) is 18.6. The van der Waals surface area contributed by atoms with Crippen LogP contribution < -0.4 is 0 Å². The smallest absolute Gasteiger partial charge is 0.331 e. The van der Waals surface area contributed by atoms with Gasteiger partial charge in [0.05, 0.1) is 50.2 Å². The third kappa shape index (κ3) is 12.7. The molecule has 0 aliphatic heterocycles. The van der Waals surface area contributed by atoms with Crippen LogP contribution in [0.25, 0.3) is 18.2 Å². The second-order valence-corrected chi connectivity index (χ2v) is 13.9. The largest absolute Gasteiger partial charge is 0.504 e. The number of hydrogen-bond donors (Lipinski definition) is 7. The molecule has 6 aromatic rings. The number of aliphatic hydroxyl groups is 1. The zero-order valence-corrected chi connectivity index (χ0v) is 32.9. The number of esters is 3. The Morgan fingerprint density at radius 2 is 0.794 bits per heavy atom. The fourth-order valence-electron chi connectivity index (χ4n) is 5.78. The van der Waals surface area contributed by atoms with Gasteiger partial charge in [0.1, 0.15) is 36.9 Å². The highest BCUT2D eigenvalue weighted by Crippen LogP contribution is 2.28. The molecule has 22 heteroatoms. The first kappa shape index (κ1) is 44.0. The van der Waals surface area contributed by atoms with Crippen LogP contribution in [0.4, 0.5) is 0 Å². The van der Waals surface area contributed by atoms with E-state index in [9.17, 15) is 50.1 Å². The highest BCUT2D eigenvalue weighted by Gasteiger charge is 2.34. The van der Waals surface area contributed by atoms with Crippen molar-refractivity contribution < 1.29 is 64.3 Å². The molecule has 22 nitrogen and oxygen atoms in total. The molecule has 0 aliphatic rings. The summed E-state index contributed by atoms with van der Waals surface area (Å²) in [5, 5.41) is 93.1. The number of ether oxygens (including phenoxy) is 3. The van der Waals surface area contributed by atoms with Crippen LogP contribution in [0.5, 0.6) is 34.5 Å². The Kier molecular flexibility index (Phi) is 14.1. The van der Waals surface area contributed by atoms with Gasteiger partial charge in [-0.25, -0.2) is 14.4 Å². The van der Waals surface area contributed by atoms with Crippen LogP contribution in [0.1, 0.15) is 33.8 Å².